The zero-order valence-electron chi connectivity index (χ0n) is 11.7. The van der Waals surface area contributed by atoms with E-state index < -0.39 is 14.9 Å². The molecule has 10 heteroatoms. The van der Waals surface area contributed by atoms with Crippen LogP contribution < -0.4 is 16.0 Å². The monoisotopic (exact) mass is 334 g/mol. The first kappa shape index (κ1) is 16.1. The predicted molar refractivity (Wildman–Crippen MR) is 80.5 cm³/mol. The fourth-order valence-corrected chi connectivity index (χ4v) is 5.14. The molecule has 8 nitrogen and oxygen atoms in total. The smallest absolute Gasteiger partial charge is 0.306 e. The van der Waals surface area contributed by atoms with E-state index in [1.165, 1.54) is 0 Å². The predicted octanol–water partition coefficient (Wildman–Crippen LogP) is 1.65. The molecule has 1 aliphatic rings. The summed E-state index contributed by atoms with van der Waals surface area (Å²) in [6.45, 7) is 4.10. The number of nitro groups is 1. The molecule has 0 saturated heterocycles. The van der Waals surface area contributed by atoms with Crippen molar-refractivity contribution in [3.8, 4) is 0 Å². The van der Waals surface area contributed by atoms with Crippen molar-refractivity contribution in [2.75, 3.05) is 5.43 Å². The summed E-state index contributed by atoms with van der Waals surface area (Å²) in [6, 6.07) is 0.894. The number of anilines is 1. The Morgan fingerprint density at radius 2 is 2.10 bits per heavy atom. The van der Waals surface area contributed by atoms with Crippen LogP contribution in [0.3, 0.4) is 0 Å². The molecule has 3 unspecified atom stereocenters. The summed E-state index contributed by atoms with van der Waals surface area (Å²) in [6.07, 6.45) is 1.74. The number of hydrogen-bond acceptors (Lipinski definition) is 7. The lowest BCUT2D eigenvalue weighted by Gasteiger charge is -2.18. The molecule has 4 N–H and O–H groups in total. The summed E-state index contributed by atoms with van der Waals surface area (Å²) in [5, 5.41) is 10.9. The number of rotatable bonds is 5. The molecule has 0 radical (unpaired) electrons. The second-order valence-electron chi connectivity index (χ2n) is 5.32. The van der Waals surface area contributed by atoms with E-state index in [-0.39, 0.29) is 26.9 Å². The van der Waals surface area contributed by atoms with Crippen LogP contribution in [0.4, 0.5) is 10.7 Å². The van der Waals surface area contributed by atoms with Crippen LogP contribution in [-0.4, -0.2) is 19.4 Å². The summed E-state index contributed by atoms with van der Waals surface area (Å²) in [5.41, 5.74) is 1.83. The van der Waals surface area contributed by atoms with Gasteiger partial charge in [-0.1, -0.05) is 25.2 Å². The third kappa shape index (κ3) is 3.18. The Morgan fingerprint density at radius 3 is 2.52 bits per heavy atom. The first-order valence-electron chi connectivity index (χ1n) is 6.53. The lowest BCUT2D eigenvalue weighted by atomic mass is 9.98. The maximum Gasteiger partial charge on any atom is 0.306 e. The highest BCUT2D eigenvalue weighted by atomic mass is 32.2. The summed E-state index contributed by atoms with van der Waals surface area (Å²) in [4.78, 5) is 10.2. The zero-order valence-corrected chi connectivity index (χ0v) is 13.3. The van der Waals surface area contributed by atoms with Crippen LogP contribution in [-0.2, 0) is 10.0 Å². The molecule has 0 aromatic carbocycles. The number of nitrogens with one attached hydrogen (secondary N) is 2. The van der Waals surface area contributed by atoms with Crippen LogP contribution in [0.5, 0.6) is 0 Å². The quantitative estimate of drug-likeness (QED) is 0.427. The topological polar surface area (TPSA) is 127 Å². The highest BCUT2D eigenvalue weighted by Crippen LogP contribution is 2.37. The molecular formula is C11H18N4O4S2. The van der Waals surface area contributed by atoms with Gasteiger partial charge in [0.05, 0.1) is 4.92 Å². The number of nitrogens with zero attached hydrogens (tertiary/aromatic N) is 1. The van der Waals surface area contributed by atoms with Crippen LogP contribution in [0.2, 0.25) is 0 Å². The lowest BCUT2D eigenvalue weighted by Crippen LogP contribution is -2.36. The molecule has 118 valence electrons. The molecule has 0 spiro atoms. The van der Waals surface area contributed by atoms with Crippen LogP contribution in [0.25, 0.3) is 0 Å². The van der Waals surface area contributed by atoms with Crippen molar-refractivity contribution in [2.24, 2.45) is 17.7 Å². The average Bonchev–Trinajstić information content (AvgIpc) is 2.98. The van der Waals surface area contributed by atoms with Crippen molar-refractivity contribution in [1.29, 1.82) is 0 Å². The molecule has 1 aromatic heterocycles. The molecule has 2 rings (SSSR count). The second-order valence-corrected chi connectivity index (χ2v) is 8.32. The minimum atomic E-state index is -3.78. The van der Waals surface area contributed by atoms with Crippen LogP contribution in [0.15, 0.2) is 10.3 Å². The van der Waals surface area contributed by atoms with E-state index in [4.69, 9.17) is 5.84 Å². The van der Waals surface area contributed by atoms with Gasteiger partial charge in [-0.15, -0.1) is 0 Å². The maximum atomic E-state index is 12.4. The Bertz CT molecular complexity index is 643. The van der Waals surface area contributed by atoms with Crippen molar-refractivity contribution in [2.45, 2.75) is 36.9 Å². The Labute approximate surface area is 126 Å². The minimum Gasteiger partial charge on any atom is -0.310 e. The van der Waals surface area contributed by atoms with Gasteiger partial charge in [-0.05, 0) is 24.7 Å². The Morgan fingerprint density at radius 1 is 1.43 bits per heavy atom. The molecule has 1 saturated carbocycles. The largest absolute Gasteiger partial charge is 0.310 e. The van der Waals surface area contributed by atoms with Crippen LogP contribution >= 0.6 is 11.3 Å². The van der Waals surface area contributed by atoms with Crippen molar-refractivity contribution < 1.29 is 13.3 Å². The van der Waals surface area contributed by atoms with Gasteiger partial charge in [-0.25, -0.2) is 19.0 Å². The summed E-state index contributed by atoms with van der Waals surface area (Å²) in [7, 11) is -3.78. The Kier molecular flexibility index (Phi) is 4.51. The molecule has 21 heavy (non-hydrogen) atoms. The normalized spacial score (nSPS) is 26.0. The van der Waals surface area contributed by atoms with Gasteiger partial charge < -0.3 is 5.43 Å². The number of hydrogen-bond donors (Lipinski definition) is 3. The molecule has 1 heterocycles. The van der Waals surface area contributed by atoms with Crippen LogP contribution in [0.1, 0.15) is 26.7 Å². The fraction of sp³-hybridized carbons (Fsp3) is 0.636. The SMILES string of the molecule is CC1CCC(NS(=O)(=O)c2cc([N+](=O)[O-])c(NN)s2)C1C. The van der Waals surface area contributed by atoms with E-state index in [0.29, 0.717) is 5.92 Å². The number of nitrogen functional groups attached to an aromatic ring is 1. The number of sulfonamides is 1. The molecule has 0 aliphatic heterocycles. The maximum absolute atomic E-state index is 12.4. The molecule has 0 bridgehead atoms. The highest BCUT2D eigenvalue weighted by Gasteiger charge is 2.34. The summed E-state index contributed by atoms with van der Waals surface area (Å²) < 4.78 is 27.2. The summed E-state index contributed by atoms with van der Waals surface area (Å²) >= 11 is 0.752. The van der Waals surface area contributed by atoms with Crippen molar-refractivity contribution in [3.05, 3.63) is 16.2 Å². The van der Waals surface area contributed by atoms with Crippen LogP contribution in [0, 0.1) is 22.0 Å². The average molecular weight is 334 g/mol. The van der Waals surface area contributed by atoms with Crippen molar-refractivity contribution in [3.63, 3.8) is 0 Å². The zero-order chi connectivity index (χ0) is 15.8. The second kappa shape index (κ2) is 5.87. The number of thiophene rings is 1. The van der Waals surface area contributed by atoms with Gasteiger partial charge in [0.15, 0.2) is 5.00 Å². The van der Waals surface area contributed by atoms with E-state index >= 15 is 0 Å². The third-order valence-corrected chi connectivity index (χ3v) is 7.07. The Hall–Kier alpha value is -1.23. The van der Waals surface area contributed by atoms with Gasteiger partial charge in [-0.3, -0.25) is 10.1 Å². The van der Waals surface area contributed by atoms with E-state index in [0.717, 1.165) is 30.2 Å². The summed E-state index contributed by atoms with van der Waals surface area (Å²) in [5.74, 6) is 5.88. The van der Waals surface area contributed by atoms with E-state index in [1.807, 2.05) is 6.92 Å². The van der Waals surface area contributed by atoms with E-state index in [9.17, 15) is 18.5 Å². The van der Waals surface area contributed by atoms with Gasteiger partial charge >= 0.3 is 5.69 Å². The van der Waals surface area contributed by atoms with Crippen molar-refractivity contribution >= 4 is 32.0 Å². The molecule has 3 atom stereocenters. The van der Waals surface area contributed by atoms with Gasteiger partial charge in [0.25, 0.3) is 10.0 Å². The Balaban J connectivity index is 2.26. The first-order valence-corrected chi connectivity index (χ1v) is 8.83. The third-order valence-electron chi connectivity index (χ3n) is 4.05. The molecule has 1 aromatic rings. The fourth-order valence-electron chi connectivity index (χ4n) is 2.52. The standard InChI is InChI=1S/C11H18N4O4S2/c1-6-3-4-8(7(6)2)14-21(18,19)10-5-9(15(16)17)11(13-12)20-10/h5-8,13-14H,3-4,12H2,1-2H3. The molecule has 1 fully saturated rings. The van der Waals surface area contributed by atoms with Gasteiger partial charge in [0.2, 0.25) is 0 Å². The van der Waals surface area contributed by atoms with E-state index in [1.54, 1.807) is 0 Å². The van der Waals surface area contributed by atoms with E-state index in [2.05, 4.69) is 17.1 Å². The van der Waals surface area contributed by atoms with Crippen molar-refractivity contribution in [1.82, 2.24) is 4.72 Å². The number of nitrogens with two attached hydrogens (primary N) is 1. The highest BCUT2D eigenvalue weighted by molar-refractivity contribution is 7.91. The lowest BCUT2D eigenvalue weighted by molar-refractivity contribution is -0.383. The van der Waals surface area contributed by atoms with Gasteiger partial charge in [0, 0.05) is 12.1 Å². The molecule has 0 amide bonds. The first-order chi connectivity index (χ1) is 9.76. The van der Waals surface area contributed by atoms with Gasteiger partial charge in [0.1, 0.15) is 4.21 Å². The van der Waals surface area contributed by atoms with Gasteiger partial charge in [-0.2, -0.15) is 0 Å². The molecular weight excluding hydrogens is 316 g/mol. The molecule has 1 aliphatic carbocycles. The minimum absolute atomic E-state index is 0.0215. The number of hydrazine groups is 1.